The number of carbonyl (C=O) groups is 4. The van der Waals surface area contributed by atoms with Crippen LogP contribution in [0.3, 0.4) is 0 Å². The molecule has 9 nitrogen and oxygen atoms in total. The molecule has 0 saturated carbocycles. The summed E-state index contributed by atoms with van der Waals surface area (Å²) in [5, 5.41) is 13.4. The number of carboxylic acid groups (broad SMARTS) is 1. The molecule has 1 aromatic heterocycles. The predicted molar refractivity (Wildman–Crippen MR) is 94.1 cm³/mol. The van der Waals surface area contributed by atoms with Gasteiger partial charge in [-0.1, -0.05) is 13.8 Å². The second-order valence-corrected chi connectivity index (χ2v) is 5.72. The molecule has 10 heteroatoms. The summed E-state index contributed by atoms with van der Waals surface area (Å²) in [6, 6.07) is 0.244. The van der Waals surface area contributed by atoms with Crippen LogP contribution < -0.4 is 16.2 Å². The standard InChI is InChI=1S/C17H22FN3O6/c1-3-12(16(26)20-11(8-15(24)25)13(22)9-18)21-7-5-6-10(17(21)27)19-14(23)4-2/h5-7,11-12H,3-4,8-9H2,1-2H3,(H,19,23)(H,20,26)(H,24,25)/t11-,12?/m0/s1. The summed E-state index contributed by atoms with van der Waals surface area (Å²) in [5.41, 5.74) is -0.648. The molecule has 0 radical (unpaired) electrons. The molecule has 0 aliphatic carbocycles. The highest BCUT2D eigenvalue weighted by atomic mass is 19.1. The Hall–Kier alpha value is -3.04. The number of Topliss-reactive ketones (excluding diaryl/α,β-unsaturated/α-hetero) is 1. The number of ketones is 1. The van der Waals surface area contributed by atoms with Gasteiger partial charge in [0.2, 0.25) is 11.8 Å². The number of rotatable bonds is 10. The average molecular weight is 383 g/mol. The number of nitrogens with zero attached hydrogens (tertiary/aromatic N) is 1. The Morgan fingerprint density at radius 2 is 1.93 bits per heavy atom. The number of anilines is 1. The molecule has 1 rings (SSSR count). The lowest BCUT2D eigenvalue weighted by Gasteiger charge is -2.22. The predicted octanol–water partition coefficient (Wildman–Crippen LogP) is 0.646. The normalized spacial score (nSPS) is 12.7. The third-order valence-electron chi connectivity index (χ3n) is 3.81. The summed E-state index contributed by atoms with van der Waals surface area (Å²) in [6.07, 6.45) is 0.863. The van der Waals surface area contributed by atoms with Crippen molar-refractivity contribution in [2.24, 2.45) is 0 Å². The Bertz CT molecular complexity index is 776. The van der Waals surface area contributed by atoms with Crippen LogP contribution in [0.25, 0.3) is 0 Å². The molecule has 0 saturated heterocycles. The van der Waals surface area contributed by atoms with E-state index in [2.05, 4.69) is 10.6 Å². The topological polar surface area (TPSA) is 135 Å². The van der Waals surface area contributed by atoms with Gasteiger partial charge in [-0.2, -0.15) is 0 Å². The minimum atomic E-state index is -1.53. The fourth-order valence-corrected chi connectivity index (χ4v) is 2.38. The highest BCUT2D eigenvalue weighted by molar-refractivity contribution is 5.93. The highest BCUT2D eigenvalue weighted by Crippen LogP contribution is 2.12. The number of pyridine rings is 1. The van der Waals surface area contributed by atoms with Crippen LogP contribution in [0, 0.1) is 0 Å². The van der Waals surface area contributed by atoms with Gasteiger partial charge in [0, 0.05) is 12.6 Å². The number of hydrogen-bond acceptors (Lipinski definition) is 5. The second-order valence-electron chi connectivity index (χ2n) is 5.72. The van der Waals surface area contributed by atoms with Crippen LogP contribution in [0.5, 0.6) is 0 Å². The molecule has 0 aromatic carbocycles. The minimum Gasteiger partial charge on any atom is -0.481 e. The van der Waals surface area contributed by atoms with Gasteiger partial charge in [-0.25, -0.2) is 4.39 Å². The number of carbonyl (C=O) groups excluding carboxylic acids is 3. The van der Waals surface area contributed by atoms with Gasteiger partial charge in [0.1, 0.15) is 24.4 Å². The molecule has 1 unspecified atom stereocenters. The molecule has 2 amide bonds. The molecule has 148 valence electrons. The van der Waals surface area contributed by atoms with Crippen molar-refractivity contribution in [1.29, 1.82) is 0 Å². The molecular weight excluding hydrogens is 361 g/mol. The van der Waals surface area contributed by atoms with Crippen molar-refractivity contribution in [2.45, 2.75) is 45.2 Å². The van der Waals surface area contributed by atoms with Gasteiger partial charge in [-0.05, 0) is 18.6 Å². The number of aromatic nitrogens is 1. The maximum absolute atomic E-state index is 12.6. The van der Waals surface area contributed by atoms with Gasteiger partial charge in [0.25, 0.3) is 5.56 Å². The van der Waals surface area contributed by atoms with Gasteiger partial charge in [0.05, 0.1) is 6.42 Å². The molecule has 0 aliphatic rings. The molecule has 0 aliphatic heterocycles. The Balaban J connectivity index is 3.12. The second kappa shape index (κ2) is 10.2. The number of amides is 2. The summed E-state index contributed by atoms with van der Waals surface area (Å²) in [4.78, 5) is 58.9. The third-order valence-corrected chi connectivity index (χ3v) is 3.81. The van der Waals surface area contributed by atoms with E-state index in [-0.39, 0.29) is 24.4 Å². The molecule has 1 heterocycles. The summed E-state index contributed by atoms with van der Waals surface area (Å²) in [5.74, 6) is -3.63. The monoisotopic (exact) mass is 383 g/mol. The van der Waals surface area contributed by atoms with Crippen LogP contribution in [0.15, 0.2) is 23.1 Å². The summed E-state index contributed by atoms with van der Waals surface area (Å²) in [6.45, 7) is 1.80. The van der Waals surface area contributed by atoms with Gasteiger partial charge in [0.15, 0.2) is 5.78 Å². The van der Waals surface area contributed by atoms with Gasteiger partial charge < -0.3 is 20.3 Å². The van der Waals surface area contributed by atoms with Crippen LogP contribution in [-0.4, -0.2) is 46.0 Å². The number of aliphatic carboxylic acids is 1. The number of hydrogen-bond donors (Lipinski definition) is 3. The first-order chi connectivity index (χ1) is 12.7. The molecule has 27 heavy (non-hydrogen) atoms. The zero-order valence-corrected chi connectivity index (χ0v) is 15.0. The maximum atomic E-state index is 12.6. The van der Waals surface area contributed by atoms with E-state index in [9.17, 15) is 28.4 Å². The van der Waals surface area contributed by atoms with Crippen LogP contribution in [-0.2, 0) is 19.2 Å². The van der Waals surface area contributed by atoms with E-state index < -0.39 is 48.4 Å². The SMILES string of the molecule is CCC(=O)Nc1cccn(C(CC)C(=O)N[C@@H](CC(=O)O)C(=O)CF)c1=O. The van der Waals surface area contributed by atoms with Crippen molar-refractivity contribution in [3.8, 4) is 0 Å². The Morgan fingerprint density at radius 1 is 1.26 bits per heavy atom. The van der Waals surface area contributed by atoms with E-state index in [0.717, 1.165) is 4.57 Å². The van der Waals surface area contributed by atoms with Crippen molar-refractivity contribution in [3.63, 3.8) is 0 Å². The van der Waals surface area contributed by atoms with Crippen LogP contribution >= 0.6 is 0 Å². The maximum Gasteiger partial charge on any atom is 0.305 e. The molecular formula is C17H22FN3O6. The largest absolute Gasteiger partial charge is 0.481 e. The Labute approximate surface area is 154 Å². The third kappa shape index (κ3) is 6.01. The van der Waals surface area contributed by atoms with Crippen LogP contribution in [0.2, 0.25) is 0 Å². The van der Waals surface area contributed by atoms with Crippen LogP contribution in [0.4, 0.5) is 10.1 Å². The average Bonchev–Trinajstić information content (AvgIpc) is 2.63. The zero-order valence-electron chi connectivity index (χ0n) is 15.0. The van der Waals surface area contributed by atoms with E-state index in [1.165, 1.54) is 18.3 Å². The molecule has 0 spiro atoms. The van der Waals surface area contributed by atoms with Crippen molar-refractivity contribution in [2.75, 3.05) is 12.0 Å². The molecule has 1 aromatic rings. The van der Waals surface area contributed by atoms with Gasteiger partial charge >= 0.3 is 5.97 Å². The molecule has 0 fully saturated rings. The van der Waals surface area contributed by atoms with Crippen molar-refractivity contribution in [3.05, 3.63) is 28.7 Å². The lowest BCUT2D eigenvalue weighted by molar-refractivity contribution is -0.140. The molecule has 2 atom stereocenters. The Kier molecular flexibility index (Phi) is 8.31. The highest BCUT2D eigenvalue weighted by Gasteiger charge is 2.28. The first-order valence-corrected chi connectivity index (χ1v) is 8.36. The summed E-state index contributed by atoms with van der Waals surface area (Å²) in [7, 11) is 0. The van der Waals surface area contributed by atoms with Gasteiger partial charge in [-0.15, -0.1) is 0 Å². The summed E-state index contributed by atoms with van der Waals surface area (Å²) < 4.78 is 13.7. The van der Waals surface area contributed by atoms with E-state index >= 15 is 0 Å². The van der Waals surface area contributed by atoms with Crippen molar-refractivity contribution >= 4 is 29.3 Å². The van der Waals surface area contributed by atoms with E-state index in [0.29, 0.717) is 0 Å². The fourth-order valence-electron chi connectivity index (χ4n) is 2.38. The molecule has 0 bridgehead atoms. The first kappa shape index (κ1) is 22.0. The summed E-state index contributed by atoms with van der Waals surface area (Å²) >= 11 is 0. The quantitative estimate of drug-likeness (QED) is 0.543. The Morgan fingerprint density at radius 3 is 2.44 bits per heavy atom. The molecule has 3 N–H and O–H groups in total. The fraction of sp³-hybridized carbons (Fsp3) is 0.471. The smallest absolute Gasteiger partial charge is 0.305 e. The first-order valence-electron chi connectivity index (χ1n) is 8.36. The minimum absolute atomic E-state index is 0.0162. The lowest BCUT2D eigenvalue weighted by Crippen LogP contribution is -2.47. The number of carboxylic acids is 1. The van der Waals surface area contributed by atoms with E-state index in [4.69, 9.17) is 5.11 Å². The van der Waals surface area contributed by atoms with Crippen LogP contribution in [0.1, 0.15) is 39.2 Å². The number of halogens is 1. The zero-order chi connectivity index (χ0) is 20.6. The number of alkyl halides is 1. The number of nitrogens with one attached hydrogen (secondary N) is 2. The van der Waals surface area contributed by atoms with E-state index in [1.807, 2.05) is 0 Å². The van der Waals surface area contributed by atoms with Crippen molar-refractivity contribution < 1.29 is 28.7 Å². The van der Waals surface area contributed by atoms with Crippen molar-refractivity contribution in [1.82, 2.24) is 9.88 Å². The van der Waals surface area contributed by atoms with E-state index in [1.54, 1.807) is 13.8 Å². The van der Waals surface area contributed by atoms with Gasteiger partial charge in [-0.3, -0.25) is 24.0 Å². The lowest BCUT2D eigenvalue weighted by atomic mass is 10.1.